The average molecular weight is 365 g/mol. The Bertz CT molecular complexity index is 693. The summed E-state index contributed by atoms with van der Waals surface area (Å²) >= 11 is 7.37. The van der Waals surface area contributed by atoms with Gasteiger partial charge in [0.15, 0.2) is 11.0 Å². The van der Waals surface area contributed by atoms with Crippen LogP contribution in [0.1, 0.15) is 25.7 Å². The number of benzene rings is 1. The zero-order valence-corrected chi connectivity index (χ0v) is 15.3. The van der Waals surface area contributed by atoms with Crippen molar-refractivity contribution in [2.45, 2.75) is 30.8 Å². The zero-order valence-electron chi connectivity index (χ0n) is 13.7. The van der Waals surface area contributed by atoms with E-state index in [4.69, 9.17) is 11.6 Å². The van der Waals surface area contributed by atoms with E-state index in [1.54, 1.807) is 0 Å². The third-order valence-corrected chi connectivity index (χ3v) is 5.48. The molecule has 1 amide bonds. The molecule has 3 rings (SSSR count). The van der Waals surface area contributed by atoms with Crippen LogP contribution >= 0.6 is 23.4 Å². The molecule has 0 radical (unpaired) electrons. The maximum absolute atomic E-state index is 12.4. The molecule has 7 heteroatoms. The van der Waals surface area contributed by atoms with Gasteiger partial charge in [0, 0.05) is 30.7 Å². The van der Waals surface area contributed by atoms with Crippen LogP contribution < -0.4 is 0 Å². The first kappa shape index (κ1) is 17.3. The summed E-state index contributed by atoms with van der Waals surface area (Å²) in [5, 5.41) is 9.91. The summed E-state index contributed by atoms with van der Waals surface area (Å²) in [4.78, 5) is 14.4. The van der Waals surface area contributed by atoms with Gasteiger partial charge in [-0.2, -0.15) is 0 Å². The Hall–Kier alpha value is -1.53. The van der Waals surface area contributed by atoms with Crippen LogP contribution in [0.3, 0.4) is 0 Å². The maximum Gasteiger partial charge on any atom is 0.233 e. The van der Waals surface area contributed by atoms with Gasteiger partial charge in [-0.05, 0) is 37.1 Å². The number of thioether (sulfide) groups is 1. The predicted molar refractivity (Wildman–Crippen MR) is 97.2 cm³/mol. The van der Waals surface area contributed by atoms with Crippen LogP contribution in [0.25, 0.3) is 11.4 Å². The SMILES string of the molecule is Cn1c(SCC(=O)N2CCCCCC2)nnc1-c1ccc(Cl)cc1. The minimum atomic E-state index is 0.193. The molecule has 1 aliphatic heterocycles. The fourth-order valence-corrected chi connectivity index (χ4v) is 3.77. The molecule has 2 aromatic rings. The maximum atomic E-state index is 12.4. The monoisotopic (exact) mass is 364 g/mol. The van der Waals surface area contributed by atoms with E-state index in [0.29, 0.717) is 10.8 Å². The Morgan fingerprint density at radius 1 is 1.12 bits per heavy atom. The molecule has 1 aliphatic rings. The van der Waals surface area contributed by atoms with Gasteiger partial charge in [0.25, 0.3) is 0 Å². The molecule has 1 aromatic heterocycles. The molecule has 1 aromatic carbocycles. The topological polar surface area (TPSA) is 51.0 Å². The molecule has 0 atom stereocenters. The molecule has 0 aliphatic carbocycles. The molecule has 1 fully saturated rings. The Labute approximate surface area is 151 Å². The quantitative estimate of drug-likeness (QED) is 0.777. The third-order valence-electron chi connectivity index (χ3n) is 4.22. The number of amides is 1. The highest BCUT2D eigenvalue weighted by Crippen LogP contribution is 2.24. The summed E-state index contributed by atoms with van der Waals surface area (Å²) in [7, 11) is 1.92. The highest BCUT2D eigenvalue weighted by molar-refractivity contribution is 7.99. The van der Waals surface area contributed by atoms with E-state index < -0.39 is 0 Å². The molecule has 24 heavy (non-hydrogen) atoms. The lowest BCUT2D eigenvalue weighted by Gasteiger charge is -2.19. The number of hydrogen-bond acceptors (Lipinski definition) is 4. The second kappa shape index (κ2) is 8.03. The second-order valence-electron chi connectivity index (χ2n) is 5.96. The van der Waals surface area contributed by atoms with Crippen LogP contribution in [0.2, 0.25) is 5.02 Å². The van der Waals surface area contributed by atoms with E-state index in [-0.39, 0.29) is 5.91 Å². The van der Waals surface area contributed by atoms with Gasteiger partial charge in [0.1, 0.15) is 0 Å². The fourth-order valence-electron chi connectivity index (χ4n) is 2.83. The minimum Gasteiger partial charge on any atom is -0.342 e. The third kappa shape index (κ3) is 4.11. The minimum absolute atomic E-state index is 0.193. The van der Waals surface area contributed by atoms with Gasteiger partial charge in [-0.3, -0.25) is 4.79 Å². The zero-order chi connectivity index (χ0) is 16.9. The fraction of sp³-hybridized carbons (Fsp3) is 0.471. The van der Waals surface area contributed by atoms with Crippen LogP contribution in [-0.4, -0.2) is 44.4 Å². The van der Waals surface area contributed by atoms with Crippen molar-refractivity contribution in [2.24, 2.45) is 7.05 Å². The molecular weight excluding hydrogens is 344 g/mol. The molecule has 128 valence electrons. The number of likely N-dealkylation sites (tertiary alicyclic amines) is 1. The first-order valence-corrected chi connectivity index (χ1v) is 9.57. The number of rotatable bonds is 4. The van der Waals surface area contributed by atoms with E-state index in [0.717, 1.165) is 42.5 Å². The summed E-state index contributed by atoms with van der Waals surface area (Å²) in [6, 6.07) is 7.51. The Morgan fingerprint density at radius 3 is 2.46 bits per heavy atom. The van der Waals surface area contributed by atoms with Crippen LogP contribution in [0, 0.1) is 0 Å². The highest BCUT2D eigenvalue weighted by atomic mass is 35.5. The number of nitrogens with zero attached hydrogens (tertiary/aromatic N) is 4. The average Bonchev–Trinajstić information content (AvgIpc) is 2.79. The number of carbonyl (C=O) groups excluding carboxylic acids is 1. The summed E-state index contributed by atoms with van der Waals surface area (Å²) in [6.07, 6.45) is 4.68. The van der Waals surface area contributed by atoms with Crippen molar-refractivity contribution >= 4 is 29.3 Å². The standard InChI is InChI=1S/C17H21ClN4OS/c1-21-16(13-6-8-14(18)9-7-13)19-20-17(21)24-12-15(23)22-10-4-2-3-5-11-22/h6-9H,2-5,10-12H2,1H3. The van der Waals surface area contributed by atoms with Gasteiger partial charge in [0.2, 0.25) is 5.91 Å². The van der Waals surface area contributed by atoms with Gasteiger partial charge in [-0.15, -0.1) is 10.2 Å². The van der Waals surface area contributed by atoms with Crippen molar-refractivity contribution < 1.29 is 4.79 Å². The van der Waals surface area contributed by atoms with Gasteiger partial charge >= 0.3 is 0 Å². The van der Waals surface area contributed by atoms with Crippen molar-refractivity contribution in [3.63, 3.8) is 0 Å². The van der Waals surface area contributed by atoms with Crippen molar-refractivity contribution in [3.8, 4) is 11.4 Å². The molecule has 5 nitrogen and oxygen atoms in total. The van der Waals surface area contributed by atoms with Crippen molar-refractivity contribution in [2.75, 3.05) is 18.8 Å². The Morgan fingerprint density at radius 2 is 1.79 bits per heavy atom. The van der Waals surface area contributed by atoms with Gasteiger partial charge in [-0.25, -0.2) is 0 Å². The van der Waals surface area contributed by atoms with Crippen LogP contribution in [-0.2, 0) is 11.8 Å². The van der Waals surface area contributed by atoms with Crippen molar-refractivity contribution in [1.29, 1.82) is 0 Å². The molecule has 0 unspecified atom stereocenters. The largest absolute Gasteiger partial charge is 0.342 e. The molecule has 1 saturated heterocycles. The van der Waals surface area contributed by atoms with Gasteiger partial charge in [-0.1, -0.05) is 36.2 Å². The Balaban J connectivity index is 1.63. The van der Waals surface area contributed by atoms with Crippen molar-refractivity contribution in [3.05, 3.63) is 29.3 Å². The van der Waals surface area contributed by atoms with Gasteiger partial charge < -0.3 is 9.47 Å². The normalized spacial score (nSPS) is 15.3. The predicted octanol–water partition coefficient (Wildman–Crippen LogP) is 3.63. The van der Waals surface area contributed by atoms with Crippen LogP contribution in [0.15, 0.2) is 29.4 Å². The second-order valence-corrected chi connectivity index (χ2v) is 7.33. The lowest BCUT2D eigenvalue weighted by Crippen LogP contribution is -2.33. The molecule has 2 heterocycles. The van der Waals surface area contributed by atoms with E-state index in [2.05, 4.69) is 10.2 Å². The summed E-state index contributed by atoms with van der Waals surface area (Å²) < 4.78 is 1.92. The summed E-state index contributed by atoms with van der Waals surface area (Å²) in [5.41, 5.74) is 0.958. The van der Waals surface area contributed by atoms with E-state index >= 15 is 0 Å². The first-order valence-electron chi connectivity index (χ1n) is 8.21. The molecule has 0 N–H and O–H groups in total. The lowest BCUT2D eigenvalue weighted by molar-refractivity contribution is -0.128. The number of halogens is 1. The number of aromatic nitrogens is 3. The number of carbonyl (C=O) groups is 1. The number of hydrogen-bond donors (Lipinski definition) is 0. The molecule has 0 bridgehead atoms. The van der Waals surface area contributed by atoms with Crippen LogP contribution in [0.4, 0.5) is 0 Å². The van der Waals surface area contributed by atoms with E-state index in [1.807, 2.05) is 40.8 Å². The summed E-state index contributed by atoms with van der Waals surface area (Å²) in [6.45, 7) is 1.77. The first-order chi connectivity index (χ1) is 11.6. The van der Waals surface area contributed by atoms with E-state index in [9.17, 15) is 4.79 Å². The highest BCUT2D eigenvalue weighted by Gasteiger charge is 2.18. The Kier molecular flexibility index (Phi) is 5.79. The lowest BCUT2D eigenvalue weighted by atomic mass is 10.2. The van der Waals surface area contributed by atoms with E-state index in [1.165, 1.54) is 24.6 Å². The molecule has 0 spiro atoms. The van der Waals surface area contributed by atoms with Crippen LogP contribution in [0.5, 0.6) is 0 Å². The van der Waals surface area contributed by atoms with Crippen molar-refractivity contribution in [1.82, 2.24) is 19.7 Å². The smallest absolute Gasteiger partial charge is 0.233 e. The molecule has 0 saturated carbocycles. The molecular formula is C17H21ClN4OS. The van der Waals surface area contributed by atoms with Gasteiger partial charge in [0.05, 0.1) is 5.75 Å². The summed E-state index contributed by atoms with van der Waals surface area (Å²) in [5.74, 6) is 1.38.